The molecule has 23 heavy (non-hydrogen) atoms. The minimum Gasteiger partial charge on any atom is -0.312 e. The first kappa shape index (κ1) is 15.7. The van der Waals surface area contributed by atoms with E-state index in [0.29, 0.717) is 5.13 Å². The van der Waals surface area contributed by atoms with Crippen molar-refractivity contribution in [3.63, 3.8) is 0 Å². The summed E-state index contributed by atoms with van der Waals surface area (Å²) in [5.74, 6) is -0.0271. The Hall–Kier alpha value is -2.21. The van der Waals surface area contributed by atoms with Crippen molar-refractivity contribution < 1.29 is 9.59 Å². The number of carbonyl (C=O) groups is 2. The lowest BCUT2D eigenvalue weighted by molar-refractivity contribution is -0.119. The van der Waals surface area contributed by atoms with E-state index in [2.05, 4.69) is 16.4 Å². The van der Waals surface area contributed by atoms with E-state index >= 15 is 0 Å². The van der Waals surface area contributed by atoms with Gasteiger partial charge in [-0.1, -0.05) is 19.9 Å². The summed E-state index contributed by atoms with van der Waals surface area (Å²) in [6.45, 7) is 6.03. The van der Waals surface area contributed by atoms with E-state index in [0.717, 1.165) is 29.9 Å². The van der Waals surface area contributed by atoms with Crippen LogP contribution in [0.1, 0.15) is 26.3 Å². The highest BCUT2D eigenvalue weighted by Gasteiger charge is 2.22. The summed E-state index contributed by atoms with van der Waals surface area (Å²) in [6, 6.07) is 6.04. The predicted molar refractivity (Wildman–Crippen MR) is 92.7 cm³/mol. The Morgan fingerprint density at radius 2 is 2.13 bits per heavy atom. The molecule has 2 aromatic rings. The van der Waals surface area contributed by atoms with Crippen LogP contribution in [0.4, 0.5) is 10.8 Å². The first-order chi connectivity index (χ1) is 11.0. The first-order valence-electron chi connectivity index (χ1n) is 7.63. The van der Waals surface area contributed by atoms with E-state index in [4.69, 9.17) is 0 Å². The number of nitrogens with zero attached hydrogens (tertiary/aromatic N) is 2. The Morgan fingerprint density at radius 3 is 2.83 bits per heavy atom. The number of benzene rings is 1. The Kier molecular flexibility index (Phi) is 4.17. The zero-order chi connectivity index (χ0) is 16.6. The van der Waals surface area contributed by atoms with Crippen LogP contribution in [0.5, 0.6) is 0 Å². The Morgan fingerprint density at radius 1 is 1.35 bits per heavy atom. The molecule has 2 amide bonds. The van der Waals surface area contributed by atoms with Crippen LogP contribution in [0.15, 0.2) is 23.6 Å². The molecule has 0 unspecified atom stereocenters. The third-order valence-electron chi connectivity index (χ3n) is 3.91. The van der Waals surface area contributed by atoms with Gasteiger partial charge in [0.2, 0.25) is 11.8 Å². The molecule has 0 aliphatic carbocycles. The van der Waals surface area contributed by atoms with Crippen molar-refractivity contribution in [2.24, 2.45) is 5.92 Å². The third kappa shape index (κ3) is 3.12. The number of hydrogen-bond acceptors (Lipinski definition) is 4. The number of aromatic nitrogens is 1. The molecule has 0 radical (unpaired) electrons. The van der Waals surface area contributed by atoms with Gasteiger partial charge in [-0.15, -0.1) is 11.3 Å². The zero-order valence-electron chi connectivity index (χ0n) is 13.4. The van der Waals surface area contributed by atoms with E-state index in [1.165, 1.54) is 16.9 Å². The summed E-state index contributed by atoms with van der Waals surface area (Å²) < 4.78 is 0. The molecule has 5 nitrogen and oxygen atoms in total. The fourth-order valence-electron chi connectivity index (χ4n) is 2.60. The van der Waals surface area contributed by atoms with Gasteiger partial charge in [0, 0.05) is 36.0 Å². The molecular formula is C17H19N3O2S. The van der Waals surface area contributed by atoms with Gasteiger partial charge in [0.1, 0.15) is 0 Å². The van der Waals surface area contributed by atoms with Crippen LogP contribution < -0.4 is 10.2 Å². The second-order valence-corrected chi connectivity index (χ2v) is 6.80. The van der Waals surface area contributed by atoms with E-state index < -0.39 is 0 Å². The molecule has 0 fully saturated rings. The maximum Gasteiger partial charge on any atom is 0.228 e. The van der Waals surface area contributed by atoms with Gasteiger partial charge in [0.25, 0.3) is 0 Å². The number of amides is 2. The maximum absolute atomic E-state index is 11.7. The van der Waals surface area contributed by atoms with E-state index in [1.54, 1.807) is 11.8 Å². The smallest absolute Gasteiger partial charge is 0.228 e. The Balaban J connectivity index is 1.82. The van der Waals surface area contributed by atoms with Gasteiger partial charge >= 0.3 is 0 Å². The third-order valence-corrected chi connectivity index (χ3v) is 4.67. The number of hydrogen-bond donors (Lipinski definition) is 1. The largest absolute Gasteiger partial charge is 0.312 e. The molecule has 0 bridgehead atoms. The number of nitrogens with one attached hydrogen (secondary N) is 1. The molecule has 0 saturated carbocycles. The van der Waals surface area contributed by atoms with Gasteiger partial charge in [-0.25, -0.2) is 4.98 Å². The number of carbonyl (C=O) groups excluding carboxylic acids is 2. The average Bonchev–Trinajstić information content (AvgIpc) is 3.12. The van der Waals surface area contributed by atoms with Gasteiger partial charge in [0.05, 0.1) is 5.69 Å². The number of fused-ring (bicyclic) bond motifs is 1. The SMILES string of the molecule is CC(=O)N1CCc2cc(-c3csc(NC(=O)C(C)C)n3)ccc21. The summed E-state index contributed by atoms with van der Waals surface area (Å²) in [6.07, 6.45) is 0.865. The summed E-state index contributed by atoms with van der Waals surface area (Å²) in [7, 11) is 0. The first-order valence-corrected chi connectivity index (χ1v) is 8.51. The van der Waals surface area contributed by atoms with Crippen LogP contribution in [0.25, 0.3) is 11.3 Å². The molecule has 1 N–H and O–H groups in total. The Labute approximate surface area is 139 Å². The molecule has 1 aliphatic heterocycles. The molecular weight excluding hydrogens is 310 g/mol. The normalized spacial score (nSPS) is 13.3. The van der Waals surface area contributed by atoms with E-state index in [1.807, 2.05) is 31.4 Å². The van der Waals surface area contributed by atoms with Crippen molar-refractivity contribution in [2.75, 3.05) is 16.8 Å². The van der Waals surface area contributed by atoms with Crippen molar-refractivity contribution in [3.8, 4) is 11.3 Å². The highest BCUT2D eigenvalue weighted by atomic mass is 32.1. The van der Waals surface area contributed by atoms with E-state index in [9.17, 15) is 9.59 Å². The number of thiazole rings is 1. The minimum absolute atomic E-state index is 0.0306. The van der Waals surface area contributed by atoms with Crippen LogP contribution in [0.2, 0.25) is 0 Å². The van der Waals surface area contributed by atoms with Gasteiger partial charge in [-0.3, -0.25) is 9.59 Å². The molecule has 1 aliphatic rings. The fraction of sp³-hybridized carbons (Fsp3) is 0.353. The monoisotopic (exact) mass is 329 g/mol. The van der Waals surface area contributed by atoms with Crippen LogP contribution in [0, 0.1) is 5.92 Å². The van der Waals surface area contributed by atoms with Crippen molar-refractivity contribution >= 4 is 34.0 Å². The summed E-state index contributed by atoms with van der Waals surface area (Å²) in [5, 5.41) is 5.38. The van der Waals surface area contributed by atoms with Gasteiger partial charge < -0.3 is 10.2 Å². The predicted octanol–water partition coefficient (Wildman–Crippen LogP) is 3.31. The van der Waals surface area contributed by atoms with Crippen molar-refractivity contribution in [1.82, 2.24) is 4.98 Å². The van der Waals surface area contributed by atoms with Crippen molar-refractivity contribution in [2.45, 2.75) is 27.2 Å². The second-order valence-electron chi connectivity index (χ2n) is 5.95. The standard InChI is InChI=1S/C17H19N3O2S/c1-10(2)16(22)19-17-18-14(9-23-17)12-4-5-15-13(8-12)6-7-20(15)11(3)21/h4-5,8-10H,6-7H2,1-3H3,(H,18,19,22). The van der Waals surface area contributed by atoms with Crippen LogP contribution in [0.3, 0.4) is 0 Å². The van der Waals surface area contributed by atoms with Crippen LogP contribution in [-0.2, 0) is 16.0 Å². The van der Waals surface area contributed by atoms with Crippen LogP contribution >= 0.6 is 11.3 Å². The molecule has 1 aromatic heterocycles. The van der Waals surface area contributed by atoms with Crippen molar-refractivity contribution in [1.29, 1.82) is 0 Å². The minimum atomic E-state index is -0.0695. The number of anilines is 2. The van der Waals surface area contributed by atoms with E-state index in [-0.39, 0.29) is 17.7 Å². The molecule has 1 aromatic carbocycles. The molecule has 0 saturated heterocycles. The van der Waals surface area contributed by atoms with Crippen LogP contribution in [-0.4, -0.2) is 23.3 Å². The molecule has 6 heteroatoms. The summed E-state index contributed by atoms with van der Waals surface area (Å²) in [5.41, 5.74) is 4.01. The topological polar surface area (TPSA) is 62.3 Å². The molecule has 120 valence electrons. The zero-order valence-corrected chi connectivity index (χ0v) is 14.2. The van der Waals surface area contributed by atoms with Gasteiger partial charge in [-0.2, -0.15) is 0 Å². The molecule has 0 spiro atoms. The lowest BCUT2D eigenvalue weighted by Gasteiger charge is -2.14. The van der Waals surface area contributed by atoms with Gasteiger partial charge in [-0.05, 0) is 24.1 Å². The highest BCUT2D eigenvalue weighted by Crippen LogP contribution is 2.33. The fourth-order valence-corrected chi connectivity index (χ4v) is 3.32. The Bertz CT molecular complexity index is 767. The second kappa shape index (κ2) is 6.12. The molecule has 0 atom stereocenters. The summed E-state index contributed by atoms with van der Waals surface area (Å²) in [4.78, 5) is 29.6. The lowest BCUT2D eigenvalue weighted by atomic mass is 10.1. The molecule has 2 heterocycles. The quantitative estimate of drug-likeness (QED) is 0.939. The van der Waals surface area contributed by atoms with Gasteiger partial charge in [0.15, 0.2) is 5.13 Å². The maximum atomic E-state index is 11.7. The number of rotatable bonds is 3. The average molecular weight is 329 g/mol. The highest BCUT2D eigenvalue weighted by molar-refractivity contribution is 7.14. The lowest BCUT2D eigenvalue weighted by Crippen LogP contribution is -2.25. The van der Waals surface area contributed by atoms with Crippen molar-refractivity contribution in [3.05, 3.63) is 29.1 Å². The summed E-state index contributed by atoms with van der Waals surface area (Å²) >= 11 is 1.42. The molecule has 3 rings (SSSR count).